The van der Waals surface area contributed by atoms with E-state index in [2.05, 4.69) is 25.6 Å². The molecule has 0 atom stereocenters. The first-order valence-electron chi connectivity index (χ1n) is 9.30. The second-order valence-electron chi connectivity index (χ2n) is 6.85. The molecule has 0 bridgehead atoms. The van der Waals surface area contributed by atoms with Crippen molar-refractivity contribution in [2.24, 2.45) is 0 Å². The average molecular weight is 425 g/mol. The molecule has 0 saturated carbocycles. The van der Waals surface area contributed by atoms with E-state index in [1.54, 1.807) is 39.3 Å². The first-order chi connectivity index (χ1) is 14.9. The Morgan fingerprint density at radius 1 is 1.03 bits per heavy atom. The van der Waals surface area contributed by atoms with Crippen LogP contribution in [0.4, 0.5) is 27.5 Å². The van der Waals surface area contributed by atoms with E-state index >= 15 is 0 Å². The van der Waals surface area contributed by atoms with Crippen LogP contribution >= 0.6 is 0 Å². The molecule has 0 aliphatic heterocycles. The highest BCUT2D eigenvalue weighted by atomic mass is 19.1. The smallest absolute Gasteiger partial charge is 0.417 e. The number of fused-ring (bicyclic) bond motifs is 1. The number of anilines is 4. The molecule has 4 aromatic rings. The van der Waals surface area contributed by atoms with Gasteiger partial charge in [-0.05, 0) is 43.2 Å². The zero-order valence-corrected chi connectivity index (χ0v) is 17.3. The van der Waals surface area contributed by atoms with Crippen molar-refractivity contribution < 1.29 is 18.3 Å². The van der Waals surface area contributed by atoms with Crippen molar-refractivity contribution in [3.05, 3.63) is 58.0 Å². The van der Waals surface area contributed by atoms with Gasteiger partial charge >= 0.3 is 5.76 Å². The van der Waals surface area contributed by atoms with Crippen LogP contribution in [0.5, 0.6) is 11.5 Å². The molecule has 2 aromatic heterocycles. The molecule has 0 unspecified atom stereocenters. The third-order valence-electron chi connectivity index (χ3n) is 4.63. The molecule has 9 nitrogen and oxygen atoms in total. The van der Waals surface area contributed by atoms with Crippen LogP contribution in [0.25, 0.3) is 11.1 Å². The predicted octanol–water partition coefficient (Wildman–Crippen LogP) is 4.17. The second kappa shape index (κ2) is 7.98. The van der Waals surface area contributed by atoms with Crippen LogP contribution in [0.2, 0.25) is 0 Å². The van der Waals surface area contributed by atoms with Gasteiger partial charge in [0.25, 0.3) is 0 Å². The van der Waals surface area contributed by atoms with Crippen LogP contribution in [0.1, 0.15) is 11.1 Å². The lowest BCUT2D eigenvalue weighted by Gasteiger charge is -2.14. The van der Waals surface area contributed by atoms with Gasteiger partial charge in [-0.25, -0.2) is 14.2 Å². The Bertz CT molecular complexity index is 1330. The summed E-state index contributed by atoms with van der Waals surface area (Å²) >= 11 is 0. The molecule has 10 heteroatoms. The van der Waals surface area contributed by atoms with Crippen molar-refractivity contribution in [1.29, 1.82) is 0 Å². The first kappa shape index (κ1) is 20.2. The van der Waals surface area contributed by atoms with Crippen molar-refractivity contribution in [1.82, 2.24) is 15.0 Å². The fourth-order valence-corrected chi connectivity index (χ4v) is 3.31. The summed E-state index contributed by atoms with van der Waals surface area (Å²) in [6.45, 7) is 3.66. The van der Waals surface area contributed by atoms with Gasteiger partial charge in [-0.15, -0.1) is 0 Å². The van der Waals surface area contributed by atoms with Crippen molar-refractivity contribution >= 4 is 34.2 Å². The molecule has 3 N–H and O–H groups in total. The predicted molar refractivity (Wildman–Crippen MR) is 114 cm³/mol. The standard InChI is InChI=1S/C21H20FN5O4/c1-10-5-12(7-15-17(10)31-21(28)26-15)24-19-14(22)9-23-20(27-19)25-13-6-11(2)18(30-4)16(8-13)29-3/h5-9H,1-4H3,(H,26,28)(H2,23,24,25,27). The Hall–Kier alpha value is -4.08. The topological polar surface area (TPSA) is 114 Å². The molecule has 0 aliphatic rings. The van der Waals surface area contributed by atoms with Gasteiger partial charge < -0.3 is 24.5 Å². The molecule has 160 valence electrons. The van der Waals surface area contributed by atoms with Gasteiger partial charge in [-0.2, -0.15) is 4.98 Å². The lowest BCUT2D eigenvalue weighted by Crippen LogP contribution is -2.04. The molecule has 2 aromatic carbocycles. The Labute approximate surface area is 176 Å². The number of halogens is 1. The summed E-state index contributed by atoms with van der Waals surface area (Å²) < 4.78 is 30.2. The Balaban J connectivity index is 1.64. The minimum atomic E-state index is -0.632. The summed E-state index contributed by atoms with van der Waals surface area (Å²) in [6, 6.07) is 6.94. The number of H-pyrrole nitrogens is 1. The highest BCUT2D eigenvalue weighted by molar-refractivity contribution is 5.81. The van der Waals surface area contributed by atoms with Gasteiger partial charge in [-0.1, -0.05) is 0 Å². The third-order valence-corrected chi connectivity index (χ3v) is 4.63. The lowest BCUT2D eigenvalue weighted by molar-refractivity contribution is 0.353. The van der Waals surface area contributed by atoms with Gasteiger partial charge in [-0.3, -0.25) is 4.98 Å². The maximum absolute atomic E-state index is 14.4. The van der Waals surface area contributed by atoms with Crippen molar-refractivity contribution in [3.63, 3.8) is 0 Å². The number of hydrogen-bond donors (Lipinski definition) is 3. The van der Waals surface area contributed by atoms with E-state index < -0.39 is 11.6 Å². The van der Waals surface area contributed by atoms with E-state index in [0.717, 1.165) is 11.8 Å². The molecule has 0 fully saturated rings. The normalized spacial score (nSPS) is 10.9. The van der Waals surface area contributed by atoms with E-state index in [4.69, 9.17) is 13.9 Å². The number of ether oxygens (including phenoxy) is 2. The number of methoxy groups -OCH3 is 2. The van der Waals surface area contributed by atoms with Gasteiger partial charge in [0.15, 0.2) is 28.7 Å². The summed E-state index contributed by atoms with van der Waals surface area (Å²) in [4.78, 5) is 22.3. The number of nitrogens with one attached hydrogen (secondary N) is 3. The maximum atomic E-state index is 14.4. The molecule has 0 spiro atoms. The number of benzene rings is 2. The molecular formula is C21H20FN5O4. The number of hydrogen-bond acceptors (Lipinski definition) is 8. The summed E-state index contributed by atoms with van der Waals surface area (Å²) in [5.41, 5.74) is 3.70. The van der Waals surface area contributed by atoms with E-state index in [0.29, 0.717) is 39.5 Å². The molecule has 0 saturated heterocycles. The Morgan fingerprint density at radius 2 is 1.77 bits per heavy atom. The number of aromatic nitrogens is 3. The van der Waals surface area contributed by atoms with Crippen molar-refractivity contribution in [3.8, 4) is 11.5 Å². The summed E-state index contributed by atoms with van der Waals surface area (Å²) in [5, 5.41) is 5.96. The van der Waals surface area contributed by atoms with Crippen molar-refractivity contribution in [2.75, 3.05) is 24.9 Å². The number of aryl methyl sites for hydroxylation is 2. The van der Waals surface area contributed by atoms with Crippen LogP contribution < -0.4 is 25.9 Å². The van der Waals surface area contributed by atoms with E-state index in [1.165, 1.54) is 0 Å². The van der Waals surface area contributed by atoms with Gasteiger partial charge in [0.2, 0.25) is 5.95 Å². The molecule has 2 heterocycles. The number of nitrogens with zero attached hydrogens (tertiary/aromatic N) is 2. The fourth-order valence-electron chi connectivity index (χ4n) is 3.31. The fraction of sp³-hybridized carbons (Fsp3) is 0.190. The first-order valence-corrected chi connectivity index (χ1v) is 9.30. The Kier molecular flexibility index (Phi) is 5.20. The highest BCUT2D eigenvalue weighted by Gasteiger charge is 2.13. The van der Waals surface area contributed by atoms with Gasteiger partial charge in [0.1, 0.15) is 0 Å². The number of oxazole rings is 1. The second-order valence-corrected chi connectivity index (χ2v) is 6.85. The summed E-state index contributed by atoms with van der Waals surface area (Å²) in [6.07, 6.45) is 1.07. The van der Waals surface area contributed by atoms with E-state index in [-0.39, 0.29) is 11.8 Å². The zero-order chi connectivity index (χ0) is 22.1. The SMILES string of the molecule is COc1cc(Nc2ncc(F)c(Nc3cc(C)c4oc(=O)[nH]c4c3)n2)cc(C)c1OC. The van der Waals surface area contributed by atoms with Gasteiger partial charge in [0.05, 0.1) is 25.9 Å². The molecule has 4 rings (SSSR count). The third kappa shape index (κ3) is 4.00. The van der Waals surface area contributed by atoms with Gasteiger partial charge in [0, 0.05) is 17.4 Å². The van der Waals surface area contributed by atoms with Crippen LogP contribution in [0.3, 0.4) is 0 Å². The largest absolute Gasteiger partial charge is 0.493 e. The molecular weight excluding hydrogens is 405 g/mol. The quantitative estimate of drug-likeness (QED) is 0.422. The van der Waals surface area contributed by atoms with Crippen LogP contribution in [-0.4, -0.2) is 29.2 Å². The average Bonchev–Trinajstić information content (AvgIpc) is 3.11. The van der Waals surface area contributed by atoms with E-state index in [1.807, 2.05) is 13.0 Å². The van der Waals surface area contributed by atoms with Crippen molar-refractivity contribution in [2.45, 2.75) is 13.8 Å². The monoisotopic (exact) mass is 425 g/mol. The van der Waals surface area contributed by atoms with Crippen LogP contribution in [0.15, 0.2) is 39.7 Å². The minimum Gasteiger partial charge on any atom is -0.493 e. The Morgan fingerprint density at radius 3 is 2.52 bits per heavy atom. The highest BCUT2D eigenvalue weighted by Crippen LogP contribution is 2.35. The van der Waals surface area contributed by atoms with Crippen LogP contribution in [0, 0.1) is 19.7 Å². The zero-order valence-electron chi connectivity index (χ0n) is 17.3. The van der Waals surface area contributed by atoms with Crippen LogP contribution in [-0.2, 0) is 0 Å². The summed E-state index contributed by atoms with van der Waals surface area (Å²) in [5.74, 6) is 0.138. The molecule has 0 amide bonds. The molecule has 0 radical (unpaired) electrons. The number of aromatic amines is 1. The lowest BCUT2D eigenvalue weighted by atomic mass is 10.2. The number of rotatable bonds is 6. The minimum absolute atomic E-state index is 0.0284. The maximum Gasteiger partial charge on any atom is 0.417 e. The molecule has 31 heavy (non-hydrogen) atoms. The summed E-state index contributed by atoms with van der Waals surface area (Å²) in [7, 11) is 3.11. The molecule has 0 aliphatic carbocycles. The van der Waals surface area contributed by atoms with E-state index in [9.17, 15) is 9.18 Å².